The smallest absolute Gasteiger partial charge is 0.123 e. The molecule has 0 heterocycles. The molecule has 1 aliphatic rings. The van der Waals surface area contributed by atoms with Crippen LogP contribution in [-0.2, 0) is 18.3 Å². The summed E-state index contributed by atoms with van der Waals surface area (Å²) in [5.41, 5.74) is 9.84. The fourth-order valence-corrected chi connectivity index (χ4v) is 2.96. The lowest BCUT2D eigenvalue weighted by atomic mass is 9.78. The zero-order valence-electron chi connectivity index (χ0n) is 10.2. The number of hydrogen-bond acceptors (Lipinski definition) is 1. The van der Waals surface area contributed by atoms with Gasteiger partial charge in [-0.1, -0.05) is 36.4 Å². The highest BCUT2D eigenvalue weighted by atomic mass is 19.1. The van der Waals surface area contributed by atoms with Crippen LogP contribution >= 0.6 is 0 Å². The molecular weight excluding hydrogens is 225 g/mol. The predicted octanol–water partition coefficient (Wildman–Crippen LogP) is 2.82. The van der Waals surface area contributed by atoms with Crippen LogP contribution < -0.4 is 5.73 Å². The standard InChI is InChI=1S/C16H16FN/c17-15-7-5-14(6-8-15)16(11-18)9-12-3-1-2-4-13(12)10-16/h1-8H,9-11,18H2. The van der Waals surface area contributed by atoms with E-state index >= 15 is 0 Å². The van der Waals surface area contributed by atoms with Crippen molar-refractivity contribution >= 4 is 0 Å². The average molecular weight is 241 g/mol. The molecule has 2 heteroatoms. The Labute approximate surface area is 106 Å². The fraction of sp³-hybridized carbons (Fsp3) is 0.250. The lowest BCUT2D eigenvalue weighted by Crippen LogP contribution is -2.35. The number of rotatable bonds is 2. The van der Waals surface area contributed by atoms with E-state index in [1.54, 1.807) is 0 Å². The summed E-state index contributed by atoms with van der Waals surface area (Å²) < 4.78 is 13.0. The molecule has 2 aromatic carbocycles. The average Bonchev–Trinajstić information content (AvgIpc) is 2.79. The van der Waals surface area contributed by atoms with Gasteiger partial charge in [-0.3, -0.25) is 0 Å². The second-order valence-electron chi connectivity index (χ2n) is 5.11. The molecule has 0 saturated carbocycles. The summed E-state index contributed by atoms with van der Waals surface area (Å²) in [5.74, 6) is -0.193. The molecule has 0 aromatic heterocycles. The van der Waals surface area contributed by atoms with Crippen molar-refractivity contribution in [1.82, 2.24) is 0 Å². The van der Waals surface area contributed by atoms with Crippen LogP contribution in [0.2, 0.25) is 0 Å². The van der Waals surface area contributed by atoms with Gasteiger partial charge in [-0.2, -0.15) is 0 Å². The van der Waals surface area contributed by atoms with E-state index in [9.17, 15) is 4.39 Å². The van der Waals surface area contributed by atoms with Crippen LogP contribution in [0.4, 0.5) is 4.39 Å². The van der Waals surface area contributed by atoms with Gasteiger partial charge >= 0.3 is 0 Å². The minimum Gasteiger partial charge on any atom is -0.330 e. The number of halogens is 1. The van der Waals surface area contributed by atoms with Crippen molar-refractivity contribution in [3.05, 3.63) is 71.0 Å². The first kappa shape index (κ1) is 11.4. The molecule has 0 unspecified atom stereocenters. The Hall–Kier alpha value is -1.67. The van der Waals surface area contributed by atoms with E-state index in [-0.39, 0.29) is 11.2 Å². The minimum absolute atomic E-state index is 0.0581. The van der Waals surface area contributed by atoms with Crippen LogP contribution in [0.1, 0.15) is 16.7 Å². The second kappa shape index (κ2) is 4.21. The van der Waals surface area contributed by atoms with Gasteiger partial charge in [0.25, 0.3) is 0 Å². The normalized spacial score (nSPS) is 16.6. The van der Waals surface area contributed by atoms with Gasteiger partial charge in [-0.15, -0.1) is 0 Å². The maximum Gasteiger partial charge on any atom is 0.123 e. The van der Waals surface area contributed by atoms with E-state index in [0.29, 0.717) is 6.54 Å². The van der Waals surface area contributed by atoms with Crippen LogP contribution in [0.25, 0.3) is 0 Å². The molecule has 0 fully saturated rings. The Morgan fingerprint density at radius 1 is 0.944 bits per heavy atom. The summed E-state index contributed by atoms with van der Waals surface area (Å²) in [6.07, 6.45) is 1.90. The van der Waals surface area contributed by atoms with Gasteiger partial charge in [0.05, 0.1) is 0 Å². The number of fused-ring (bicyclic) bond motifs is 1. The summed E-state index contributed by atoms with van der Waals surface area (Å²) in [7, 11) is 0. The van der Waals surface area contributed by atoms with Gasteiger partial charge in [-0.05, 0) is 41.7 Å². The predicted molar refractivity (Wildman–Crippen MR) is 71.0 cm³/mol. The van der Waals surface area contributed by atoms with Gasteiger partial charge in [0.1, 0.15) is 5.82 Å². The van der Waals surface area contributed by atoms with Crippen molar-refractivity contribution in [3.63, 3.8) is 0 Å². The molecular formula is C16H16FN. The van der Waals surface area contributed by atoms with Gasteiger partial charge in [0.2, 0.25) is 0 Å². The molecule has 1 aliphatic carbocycles. The molecule has 3 rings (SSSR count). The molecule has 0 saturated heterocycles. The van der Waals surface area contributed by atoms with Crippen molar-refractivity contribution in [3.8, 4) is 0 Å². The maximum absolute atomic E-state index is 13.0. The minimum atomic E-state index is -0.193. The van der Waals surface area contributed by atoms with Crippen molar-refractivity contribution < 1.29 is 4.39 Å². The van der Waals surface area contributed by atoms with Crippen LogP contribution in [-0.4, -0.2) is 6.54 Å². The van der Waals surface area contributed by atoms with Crippen LogP contribution in [0.3, 0.4) is 0 Å². The van der Waals surface area contributed by atoms with Crippen molar-refractivity contribution in [2.45, 2.75) is 18.3 Å². The van der Waals surface area contributed by atoms with E-state index in [4.69, 9.17) is 5.73 Å². The molecule has 0 atom stereocenters. The van der Waals surface area contributed by atoms with E-state index in [0.717, 1.165) is 18.4 Å². The van der Waals surface area contributed by atoms with E-state index < -0.39 is 0 Å². The fourth-order valence-electron chi connectivity index (χ4n) is 2.96. The summed E-state index contributed by atoms with van der Waals surface area (Å²) in [6, 6.07) is 15.2. The molecule has 0 amide bonds. The van der Waals surface area contributed by atoms with Crippen LogP contribution in [0.15, 0.2) is 48.5 Å². The molecule has 0 radical (unpaired) electrons. The van der Waals surface area contributed by atoms with Gasteiger partial charge < -0.3 is 5.73 Å². The maximum atomic E-state index is 13.0. The largest absolute Gasteiger partial charge is 0.330 e. The highest BCUT2D eigenvalue weighted by Gasteiger charge is 2.37. The summed E-state index contributed by atoms with van der Waals surface area (Å²) >= 11 is 0. The molecule has 18 heavy (non-hydrogen) atoms. The van der Waals surface area contributed by atoms with Crippen molar-refractivity contribution in [1.29, 1.82) is 0 Å². The highest BCUT2D eigenvalue weighted by Crippen LogP contribution is 2.39. The van der Waals surface area contributed by atoms with Crippen molar-refractivity contribution in [2.75, 3.05) is 6.54 Å². The third-order valence-electron chi connectivity index (χ3n) is 4.02. The molecule has 1 nitrogen and oxygen atoms in total. The van der Waals surface area contributed by atoms with Crippen molar-refractivity contribution in [2.24, 2.45) is 5.73 Å². The summed E-state index contributed by atoms with van der Waals surface area (Å²) in [6.45, 7) is 0.591. The highest BCUT2D eigenvalue weighted by molar-refractivity contribution is 5.42. The quantitative estimate of drug-likeness (QED) is 0.859. The third kappa shape index (κ3) is 1.73. The van der Waals surface area contributed by atoms with Crippen LogP contribution in [0, 0.1) is 5.82 Å². The Kier molecular flexibility index (Phi) is 2.67. The van der Waals surface area contributed by atoms with Crippen LogP contribution in [0.5, 0.6) is 0 Å². The monoisotopic (exact) mass is 241 g/mol. The molecule has 2 aromatic rings. The second-order valence-corrected chi connectivity index (χ2v) is 5.11. The molecule has 0 aliphatic heterocycles. The van der Waals surface area contributed by atoms with E-state index in [2.05, 4.69) is 24.3 Å². The van der Waals surface area contributed by atoms with Gasteiger partial charge in [0.15, 0.2) is 0 Å². The molecule has 2 N–H and O–H groups in total. The number of nitrogens with two attached hydrogens (primary N) is 1. The SMILES string of the molecule is NCC1(c2ccc(F)cc2)Cc2ccccc2C1. The summed E-state index contributed by atoms with van der Waals surface area (Å²) in [4.78, 5) is 0. The Bertz CT molecular complexity index is 535. The Morgan fingerprint density at radius 2 is 1.50 bits per heavy atom. The Morgan fingerprint density at radius 3 is 2.00 bits per heavy atom. The molecule has 0 bridgehead atoms. The molecule has 0 spiro atoms. The van der Waals surface area contributed by atoms with Gasteiger partial charge in [0, 0.05) is 12.0 Å². The summed E-state index contributed by atoms with van der Waals surface area (Å²) in [5, 5.41) is 0. The van der Waals surface area contributed by atoms with E-state index in [1.165, 1.54) is 23.3 Å². The first-order valence-corrected chi connectivity index (χ1v) is 6.26. The molecule has 92 valence electrons. The van der Waals surface area contributed by atoms with E-state index in [1.807, 2.05) is 12.1 Å². The topological polar surface area (TPSA) is 26.0 Å². The zero-order valence-corrected chi connectivity index (χ0v) is 10.2. The first-order chi connectivity index (χ1) is 8.73. The first-order valence-electron chi connectivity index (χ1n) is 6.26. The number of hydrogen-bond donors (Lipinski definition) is 1. The zero-order chi connectivity index (χ0) is 12.6. The lowest BCUT2D eigenvalue weighted by molar-refractivity contribution is 0.462. The number of benzene rings is 2. The third-order valence-corrected chi connectivity index (χ3v) is 4.02. The lowest BCUT2D eigenvalue weighted by Gasteiger charge is -2.28. The Balaban J connectivity index is 2.02. The van der Waals surface area contributed by atoms with Gasteiger partial charge in [-0.25, -0.2) is 4.39 Å².